The molecule has 3 aromatic rings. The van der Waals surface area contributed by atoms with Crippen LogP contribution in [0, 0.1) is 0 Å². The maximum absolute atomic E-state index is 13.1. The Morgan fingerprint density at radius 1 is 0.735 bits per heavy atom. The average Bonchev–Trinajstić information content (AvgIpc) is 2.84. The van der Waals surface area contributed by atoms with Crippen molar-refractivity contribution in [2.75, 3.05) is 0 Å². The Balaban J connectivity index is 1.68. The van der Waals surface area contributed by atoms with Crippen molar-refractivity contribution in [2.24, 2.45) is 5.73 Å². The van der Waals surface area contributed by atoms with Gasteiger partial charge in [0, 0.05) is 17.9 Å². The van der Waals surface area contributed by atoms with Crippen LogP contribution in [0.2, 0.25) is 5.02 Å². The first-order valence-electron chi connectivity index (χ1n) is 10.8. The van der Waals surface area contributed by atoms with Gasteiger partial charge in [-0.15, -0.1) is 0 Å². The molecule has 3 aromatic carbocycles. The van der Waals surface area contributed by atoms with E-state index in [0.717, 1.165) is 16.7 Å². The van der Waals surface area contributed by atoms with Gasteiger partial charge in [0.05, 0.1) is 0 Å². The molecule has 0 spiro atoms. The Bertz CT molecular complexity index is 1090. The number of nitrogens with two attached hydrogens (primary N) is 1. The third-order valence-electron chi connectivity index (χ3n) is 5.12. The lowest BCUT2D eigenvalue weighted by atomic mass is 10.0. The molecule has 3 rings (SSSR count). The fourth-order valence-corrected chi connectivity index (χ4v) is 3.44. The average molecular weight is 480 g/mol. The van der Waals surface area contributed by atoms with E-state index >= 15 is 0 Å². The van der Waals surface area contributed by atoms with Crippen molar-refractivity contribution in [3.8, 4) is 0 Å². The lowest BCUT2D eigenvalue weighted by molar-refractivity contribution is -0.128. The molecule has 0 saturated carbocycles. The third kappa shape index (κ3) is 7.94. The summed E-state index contributed by atoms with van der Waals surface area (Å²) >= 11 is 5.91. The van der Waals surface area contributed by atoms with Crippen molar-refractivity contribution >= 4 is 29.5 Å². The first-order valence-corrected chi connectivity index (χ1v) is 11.1. The van der Waals surface area contributed by atoms with Crippen molar-refractivity contribution in [3.05, 3.63) is 107 Å². The van der Waals surface area contributed by atoms with Gasteiger partial charge in [0.15, 0.2) is 0 Å². The van der Waals surface area contributed by atoms with Gasteiger partial charge in [-0.05, 0) is 28.8 Å². The Kier molecular flexibility index (Phi) is 9.05. The van der Waals surface area contributed by atoms with Crippen LogP contribution in [0.25, 0.3) is 0 Å². The fourth-order valence-electron chi connectivity index (χ4n) is 3.32. The smallest absolute Gasteiger partial charge is 0.408 e. The number of carbonyl (C=O) groups is 3. The standard InChI is InChI=1S/C26H26ClN3O4/c27-21-13-11-19(12-14-21)15-22(24(28)31)29-25(32)23(16-18-7-3-1-4-8-18)30-26(33)34-17-20-9-5-2-6-10-20/h1-14,22-23H,15-17H2,(H2,28,31)(H,29,32)(H,30,33)/t22-,23+/m0/s1. The molecule has 0 unspecified atom stereocenters. The van der Waals surface area contributed by atoms with Crippen molar-refractivity contribution in [1.82, 2.24) is 10.6 Å². The molecular weight excluding hydrogens is 454 g/mol. The molecule has 0 bridgehead atoms. The van der Waals surface area contributed by atoms with Gasteiger partial charge in [-0.1, -0.05) is 84.4 Å². The maximum atomic E-state index is 13.1. The van der Waals surface area contributed by atoms with E-state index in [-0.39, 0.29) is 19.4 Å². The highest BCUT2D eigenvalue weighted by Gasteiger charge is 2.26. The van der Waals surface area contributed by atoms with Gasteiger partial charge >= 0.3 is 6.09 Å². The largest absolute Gasteiger partial charge is 0.445 e. The van der Waals surface area contributed by atoms with Gasteiger partial charge in [0.1, 0.15) is 18.7 Å². The molecule has 3 amide bonds. The molecule has 0 aliphatic rings. The van der Waals surface area contributed by atoms with Gasteiger partial charge in [-0.3, -0.25) is 9.59 Å². The lowest BCUT2D eigenvalue weighted by Gasteiger charge is -2.22. The number of carbonyl (C=O) groups excluding carboxylic acids is 3. The Morgan fingerprint density at radius 3 is 1.85 bits per heavy atom. The van der Waals surface area contributed by atoms with Crippen molar-refractivity contribution in [1.29, 1.82) is 0 Å². The zero-order valence-corrected chi connectivity index (χ0v) is 19.2. The molecule has 34 heavy (non-hydrogen) atoms. The monoisotopic (exact) mass is 479 g/mol. The van der Waals surface area contributed by atoms with Gasteiger partial charge < -0.3 is 21.1 Å². The summed E-state index contributed by atoms with van der Waals surface area (Å²) in [6, 6.07) is 23.4. The second-order valence-electron chi connectivity index (χ2n) is 7.74. The Morgan fingerprint density at radius 2 is 1.26 bits per heavy atom. The number of hydrogen-bond donors (Lipinski definition) is 3. The van der Waals surface area contributed by atoms with Crippen molar-refractivity contribution in [2.45, 2.75) is 31.5 Å². The molecule has 0 fully saturated rings. The van der Waals surface area contributed by atoms with Crippen LogP contribution in [0.4, 0.5) is 4.79 Å². The molecule has 7 nitrogen and oxygen atoms in total. The number of rotatable bonds is 10. The zero-order valence-electron chi connectivity index (χ0n) is 18.4. The summed E-state index contributed by atoms with van der Waals surface area (Å²) in [6.07, 6.45) is -0.345. The van der Waals surface area contributed by atoms with Crippen molar-refractivity contribution in [3.63, 3.8) is 0 Å². The topological polar surface area (TPSA) is 111 Å². The highest BCUT2D eigenvalue weighted by Crippen LogP contribution is 2.12. The Hall–Kier alpha value is -3.84. The van der Waals surface area contributed by atoms with Gasteiger partial charge in [-0.2, -0.15) is 0 Å². The summed E-state index contributed by atoms with van der Waals surface area (Å²) in [5.41, 5.74) is 7.97. The van der Waals surface area contributed by atoms with Gasteiger partial charge in [-0.25, -0.2) is 4.79 Å². The molecule has 4 N–H and O–H groups in total. The van der Waals surface area contributed by atoms with E-state index in [0.29, 0.717) is 5.02 Å². The summed E-state index contributed by atoms with van der Waals surface area (Å²) < 4.78 is 5.27. The maximum Gasteiger partial charge on any atom is 0.408 e. The van der Waals surface area contributed by atoms with Crippen LogP contribution in [0.5, 0.6) is 0 Å². The number of nitrogens with one attached hydrogen (secondary N) is 2. The second-order valence-corrected chi connectivity index (χ2v) is 8.18. The molecule has 176 valence electrons. The molecule has 0 aliphatic carbocycles. The summed E-state index contributed by atoms with van der Waals surface area (Å²) in [4.78, 5) is 37.6. The predicted octanol–water partition coefficient (Wildman–Crippen LogP) is 3.39. The molecule has 8 heteroatoms. The molecule has 0 aromatic heterocycles. The summed E-state index contributed by atoms with van der Waals surface area (Å²) in [5, 5.41) is 5.83. The van der Waals surface area contributed by atoms with Crippen LogP contribution in [-0.2, 0) is 33.8 Å². The molecule has 0 saturated heterocycles. The Labute approximate surface area is 203 Å². The predicted molar refractivity (Wildman–Crippen MR) is 130 cm³/mol. The second kappa shape index (κ2) is 12.4. The van der Waals surface area contributed by atoms with Gasteiger partial charge in [0.2, 0.25) is 11.8 Å². The lowest BCUT2D eigenvalue weighted by Crippen LogP contribution is -2.54. The zero-order chi connectivity index (χ0) is 24.3. The van der Waals surface area contributed by atoms with Crippen LogP contribution in [-0.4, -0.2) is 30.0 Å². The molecule has 0 aliphatic heterocycles. The summed E-state index contributed by atoms with van der Waals surface area (Å²) in [5.74, 6) is -1.23. The van der Waals surface area contributed by atoms with Crippen LogP contribution < -0.4 is 16.4 Å². The fraction of sp³-hybridized carbons (Fsp3) is 0.192. The van der Waals surface area contributed by atoms with E-state index in [9.17, 15) is 14.4 Å². The van der Waals surface area contributed by atoms with Crippen molar-refractivity contribution < 1.29 is 19.1 Å². The normalized spacial score (nSPS) is 12.3. The van der Waals surface area contributed by atoms with Crippen LogP contribution in [0.15, 0.2) is 84.9 Å². The minimum absolute atomic E-state index is 0.0623. The van der Waals surface area contributed by atoms with Crippen LogP contribution in [0.1, 0.15) is 16.7 Å². The summed E-state index contributed by atoms with van der Waals surface area (Å²) in [6.45, 7) is 0.0623. The highest BCUT2D eigenvalue weighted by atomic mass is 35.5. The summed E-state index contributed by atoms with van der Waals surface area (Å²) in [7, 11) is 0. The number of hydrogen-bond acceptors (Lipinski definition) is 4. The quantitative estimate of drug-likeness (QED) is 0.414. The van der Waals surface area contributed by atoms with E-state index < -0.39 is 30.0 Å². The molecule has 0 radical (unpaired) electrons. The third-order valence-corrected chi connectivity index (χ3v) is 5.37. The minimum Gasteiger partial charge on any atom is -0.445 e. The SMILES string of the molecule is NC(=O)[C@H](Cc1ccc(Cl)cc1)NC(=O)[C@@H](Cc1ccccc1)NC(=O)OCc1ccccc1. The number of alkyl carbamates (subject to hydrolysis) is 1. The first kappa shape index (κ1) is 24.8. The number of primary amides is 1. The van der Waals surface area contributed by atoms with Crippen LogP contribution >= 0.6 is 11.6 Å². The van der Waals surface area contributed by atoms with E-state index in [1.165, 1.54) is 0 Å². The van der Waals surface area contributed by atoms with E-state index in [1.807, 2.05) is 60.7 Å². The highest BCUT2D eigenvalue weighted by molar-refractivity contribution is 6.30. The number of ether oxygens (including phenoxy) is 1. The van der Waals surface area contributed by atoms with Gasteiger partial charge in [0.25, 0.3) is 0 Å². The molecular formula is C26H26ClN3O4. The van der Waals surface area contributed by atoms with E-state index in [4.69, 9.17) is 22.1 Å². The number of benzene rings is 3. The number of amides is 3. The molecule has 2 atom stereocenters. The number of halogens is 1. The molecule has 0 heterocycles. The van der Waals surface area contributed by atoms with Crippen LogP contribution in [0.3, 0.4) is 0 Å². The first-order chi connectivity index (χ1) is 16.4. The van der Waals surface area contributed by atoms with E-state index in [2.05, 4.69) is 10.6 Å². The minimum atomic E-state index is -0.974. The van der Waals surface area contributed by atoms with E-state index in [1.54, 1.807) is 24.3 Å².